The maximum Gasteiger partial charge on any atom is 0.149 e. The van der Waals surface area contributed by atoms with Crippen LogP contribution in [0, 0.1) is 3.70 Å². The van der Waals surface area contributed by atoms with E-state index in [-0.39, 0.29) is 37.7 Å². The molecule has 11 heteroatoms. The highest BCUT2D eigenvalue weighted by atomic mass is 123. The summed E-state index contributed by atoms with van der Waals surface area (Å²) in [7, 11) is 0. The second-order valence-electron chi connectivity index (χ2n) is 8.55. The lowest BCUT2D eigenvalue weighted by Gasteiger charge is -2.27. The van der Waals surface area contributed by atoms with Gasteiger partial charge >= 0.3 is 0 Å². The number of ether oxygens (including phenoxy) is 2. The van der Waals surface area contributed by atoms with E-state index < -0.39 is 12.2 Å². The number of benzene rings is 2. The fraction of sp³-hybridized carbons (Fsp3) is 0.417. The van der Waals surface area contributed by atoms with Gasteiger partial charge in [-0.05, 0) is 73.9 Å². The molecule has 0 aliphatic carbocycles. The summed E-state index contributed by atoms with van der Waals surface area (Å²) < 4.78 is 14.3. The highest BCUT2D eigenvalue weighted by molar-refractivity contribution is 14.1. The SMILES string of the molecule is CC(C)(c1ccc(OCC(O)Cn2nnc([123I])c2CO)cc1)c1ccc(OCC(O)CCl)c(Br)c1. The quantitative estimate of drug-likeness (QED) is 0.197. The first-order chi connectivity index (χ1) is 16.6. The van der Waals surface area contributed by atoms with Crippen LogP contribution in [0.2, 0.25) is 0 Å². The van der Waals surface area contributed by atoms with Gasteiger partial charge in [0.05, 0.1) is 29.2 Å². The lowest BCUT2D eigenvalue weighted by molar-refractivity contribution is 0.0866. The van der Waals surface area contributed by atoms with Crippen LogP contribution in [0.5, 0.6) is 11.5 Å². The lowest BCUT2D eigenvalue weighted by Crippen LogP contribution is -2.25. The smallest absolute Gasteiger partial charge is 0.149 e. The Labute approximate surface area is 231 Å². The molecule has 8 nitrogen and oxygen atoms in total. The number of aliphatic hydroxyl groups is 3. The Kier molecular flexibility index (Phi) is 10.2. The van der Waals surface area contributed by atoms with Gasteiger partial charge in [-0.3, -0.25) is 0 Å². The maximum absolute atomic E-state index is 10.3. The van der Waals surface area contributed by atoms with Crippen LogP contribution in [0.15, 0.2) is 46.9 Å². The molecule has 0 saturated heterocycles. The van der Waals surface area contributed by atoms with Crippen LogP contribution in [-0.2, 0) is 18.6 Å². The van der Waals surface area contributed by atoms with Gasteiger partial charge in [0.15, 0.2) is 0 Å². The maximum atomic E-state index is 10.3. The highest BCUT2D eigenvalue weighted by Gasteiger charge is 2.24. The number of hydrogen-bond donors (Lipinski definition) is 3. The first kappa shape index (κ1) is 28.1. The van der Waals surface area contributed by atoms with Crippen molar-refractivity contribution in [3.05, 3.63) is 67.5 Å². The van der Waals surface area contributed by atoms with Gasteiger partial charge < -0.3 is 24.8 Å². The van der Waals surface area contributed by atoms with Crippen molar-refractivity contribution in [1.29, 1.82) is 0 Å². The van der Waals surface area contributed by atoms with E-state index in [1.165, 1.54) is 4.68 Å². The predicted octanol–water partition coefficient (Wildman–Crippen LogP) is 3.88. The molecule has 0 aliphatic heterocycles. The van der Waals surface area contributed by atoms with Gasteiger partial charge in [-0.15, -0.1) is 16.7 Å². The molecular formula is C24H28BrClIN3O5. The van der Waals surface area contributed by atoms with Gasteiger partial charge in [0.1, 0.15) is 40.6 Å². The van der Waals surface area contributed by atoms with Crippen LogP contribution in [0.3, 0.4) is 0 Å². The fourth-order valence-corrected chi connectivity index (χ4v) is 4.55. The molecule has 1 aromatic heterocycles. The van der Waals surface area contributed by atoms with E-state index in [2.05, 4.69) is 40.1 Å². The molecule has 3 aromatic rings. The Hall–Kier alpha value is -1.44. The highest BCUT2D eigenvalue weighted by Crippen LogP contribution is 2.36. The molecule has 0 aliphatic rings. The Morgan fingerprint density at radius 1 is 1.06 bits per heavy atom. The van der Waals surface area contributed by atoms with Gasteiger partial charge in [0.25, 0.3) is 0 Å². The monoisotopic (exact) mass is 675 g/mol. The minimum absolute atomic E-state index is 0.0802. The largest absolute Gasteiger partial charge is 0.491 e. The molecular weight excluding hydrogens is 649 g/mol. The molecule has 0 spiro atoms. The summed E-state index contributed by atoms with van der Waals surface area (Å²) in [6.07, 6.45) is -1.52. The van der Waals surface area contributed by atoms with Crippen LogP contribution in [0.1, 0.15) is 30.7 Å². The molecule has 35 heavy (non-hydrogen) atoms. The molecule has 0 fully saturated rings. The van der Waals surface area contributed by atoms with E-state index in [4.69, 9.17) is 21.1 Å². The van der Waals surface area contributed by atoms with E-state index in [0.717, 1.165) is 15.6 Å². The van der Waals surface area contributed by atoms with Crippen molar-refractivity contribution in [3.8, 4) is 11.5 Å². The van der Waals surface area contributed by atoms with Gasteiger partial charge in [-0.25, -0.2) is 4.68 Å². The van der Waals surface area contributed by atoms with Crippen molar-refractivity contribution < 1.29 is 24.8 Å². The molecule has 2 unspecified atom stereocenters. The van der Waals surface area contributed by atoms with Gasteiger partial charge in [0.2, 0.25) is 0 Å². The molecule has 0 radical (unpaired) electrons. The molecule has 0 bridgehead atoms. The lowest BCUT2D eigenvalue weighted by atomic mass is 9.78. The third kappa shape index (κ3) is 7.30. The number of halogens is 3. The number of alkyl halides is 1. The average molecular weight is 677 g/mol. The summed E-state index contributed by atoms with van der Waals surface area (Å²) in [6, 6.07) is 13.6. The molecule has 3 N–H and O–H groups in total. The van der Waals surface area contributed by atoms with Crippen molar-refractivity contribution in [1.82, 2.24) is 15.0 Å². The minimum atomic E-state index is -0.808. The van der Waals surface area contributed by atoms with E-state index in [1.807, 2.05) is 65.1 Å². The van der Waals surface area contributed by atoms with E-state index >= 15 is 0 Å². The molecule has 3 rings (SSSR count). The summed E-state index contributed by atoms with van der Waals surface area (Å²) in [6.45, 7) is 4.45. The van der Waals surface area contributed by atoms with Crippen molar-refractivity contribution in [3.63, 3.8) is 0 Å². The molecule has 2 aromatic carbocycles. The van der Waals surface area contributed by atoms with Crippen molar-refractivity contribution in [2.45, 2.75) is 44.6 Å². The molecule has 0 saturated carbocycles. The van der Waals surface area contributed by atoms with Gasteiger partial charge in [0, 0.05) is 5.41 Å². The Balaban J connectivity index is 1.61. The average Bonchev–Trinajstić information content (AvgIpc) is 3.20. The van der Waals surface area contributed by atoms with Gasteiger partial charge in [-0.1, -0.05) is 37.3 Å². The van der Waals surface area contributed by atoms with Crippen molar-refractivity contribution >= 4 is 50.1 Å². The summed E-state index contributed by atoms with van der Waals surface area (Å²) in [5.41, 5.74) is 2.45. The third-order valence-electron chi connectivity index (χ3n) is 5.60. The number of nitrogens with zero attached hydrogens (tertiary/aromatic N) is 3. The second-order valence-corrected chi connectivity index (χ2v) is 10.7. The standard InChI is InChI=1S/C24H28BrClIN3O5/c1-24(2,16-5-8-22(20(25)9-16)35-13-17(32)10-26)15-3-6-19(7-4-15)34-14-18(33)11-30-21(12-31)23(27)28-29-30/h3-9,17-18,31-33H,10-14H2,1-2H3/i27-4. The Morgan fingerprint density at radius 2 is 1.71 bits per heavy atom. The minimum Gasteiger partial charge on any atom is -0.491 e. The summed E-state index contributed by atoms with van der Waals surface area (Å²) in [5.74, 6) is 1.40. The normalized spacial score (nSPS) is 13.5. The van der Waals surface area contributed by atoms with E-state index in [9.17, 15) is 15.3 Å². The van der Waals surface area contributed by atoms with Crippen LogP contribution in [0.25, 0.3) is 0 Å². The van der Waals surface area contributed by atoms with Crippen LogP contribution in [-0.4, -0.2) is 61.6 Å². The Morgan fingerprint density at radius 3 is 2.34 bits per heavy atom. The summed E-state index contributed by atoms with van der Waals surface area (Å²) in [5, 5.41) is 37.2. The number of aromatic nitrogens is 3. The molecule has 0 amide bonds. The van der Waals surface area contributed by atoms with E-state index in [0.29, 0.717) is 20.9 Å². The number of aliphatic hydroxyl groups excluding tert-OH is 3. The summed E-state index contributed by atoms with van der Waals surface area (Å²) in [4.78, 5) is 0. The van der Waals surface area contributed by atoms with Gasteiger partial charge in [-0.2, -0.15) is 0 Å². The fourth-order valence-electron chi connectivity index (χ4n) is 3.42. The zero-order valence-corrected chi connectivity index (χ0v) is 23.9. The third-order valence-corrected chi connectivity index (χ3v) is 7.42. The second kappa shape index (κ2) is 12.7. The first-order valence-corrected chi connectivity index (χ1v) is 13.3. The molecule has 2 atom stereocenters. The van der Waals surface area contributed by atoms with Crippen LogP contribution >= 0.6 is 50.1 Å². The first-order valence-electron chi connectivity index (χ1n) is 10.9. The molecule has 190 valence electrons. The Bertz CT molecular complexity index is 1110. The number of hydrogen-bond acceptors (Lipinski definition) is 7. The van der Waals surface area contributed by atoms with E-state index in [1.54, 1.807) is 0 Å². The van der Waals surface area contributed by atoms with Crippen molar-refractivity contribution in [2.75, 3.05) is 19.1 Å². The van der Waals surface area contributed by atoms with Crippen LogP contribution < -0.4 is 9.47 Å². The summed E-state index contributed by atoms with van der Waals surface area (Å²) >= 11 is 11.2. The predicted molar refractivity (Wildman–Crippen MR) is 145 cm³/mol. The van der Waals surface area contributed by atoms with Crippen molar-refractivity contribution in [2.24, 2.45) is 0 Å². The topological polar surface area (TPSA) is 110 Å². The molecule has 1 heterocycles. The zero-order valence-electron chi connectivity index (χ0n) is 19.4. The number of rotatable bonds is 12. The van der Waals surface area contributed by atoms with Crippen LogP contribution in [0.4, 0.5) is 0 Å². The zero-order chi connectivity index (χ0) is 25.6.